The smallest absolute Gasteiger partial charge is 0.329 e. The lowest BCUT2D eigenvalue weighted by Gasteiger charge is -2.21. The number of benzene rings is 1. The quantitative estimate of drug-likeness (QED) is 0.567. The lowest BCUT2D eigenvalue weighted by atomic mass is 9.86. The van der Waals surface area contributed by atoms with E-state index in [0.717, 1.165) is 5.56 Å². The molecule has 0 fully saturated rings. The van der Waals surface area contributed by atoms with E-state index >= 15 is 0 Å². The van der Waals surface area contributed by atoms with Crippen molar-refractivity contribution in [2.24, 2.45) is 5.92 Å². The summed E-state index contributed by atoms with van der Waals surface area (Å²) in [4.78, 5) is 25.3. The molecule has 0 bridgehead atoms. The van der Waals surface area contributed by atoms with Crippen LogP contribution in [0.3, 0.4) is 0 Å². The Morgan fingerprint density at radius 2 is 1.81 bits per heavy atom. The third kappa shape index (κ3) is 5.59. The number of nitrogens with zero attached hydrogens (tertiary/aromatic N) is 2. The van der Waals surface area contributed by atoms with Gasteiger partial charge in [-0.05, 0) is 41.2 Å². The van der Waals surface area contributed by atoms with Crippen molar-refractivity contribution in [3.05, 3.63) is 59.7 Å². The monoisotopic (exact) mass is 425 g/mol. The number of hydrogen-bond acceptors (Lipinski definition) is 7. The molecule has 1 N–H and O–H groups in total. The molecule has 0 saturated heterocycles. The lowest BCUT2D eigenvalue weighted by molar-refractivity contribution is -0.149. The molecule has 2 heterocycles. The van der Waals surface area contributed by atoms with E-state index in [0.29, 0.717) is 11.3 Å². The lowest BCUT2D eigenvalue weighted by Crippen LogP contribution is -2.45. The third-order valence-electron chi connectivity index (χ3n) is 4.76. The van der Waals surface area contributed by atoms with Crippen LogP contribution in [0.5, 0.6) is 0 Å². The maximum atomic E-state index is 12.7. The van der Waals surface area contributed by atoms with Crippen LogP contribution < -0.4 is 5.32 Å². The Morgan fingerprint density at radius 1 is 1.10 bits per heavy atom. The molecule has 0 saturated carbocycles. The maximum absolute atomic E-state index is 12.7. The van der Waals surface area contributed by atoms with E-state index in [1.165, 1.54) is 6.26 Å². The highest BCUT2D eigenvalue weighted by atomic mass is 16.5. The molecule has 0 aliphatic rings. The molecule has 1 amide bonds. The first-order valence-corrected chi connectivity index (χ1v) is 10.1. The average molecular weight is 425 g/mol. The minimum absolute atomic E-state index is 0.00910. The molecule has 2 aromatic heterocycles. The molecule has 0 spiro atoms. The molecule has 8 heteroatoms. The average Bonchev–Trinajstić information content (AvgIpc) is 3.41. The van der Waals surface area contributed by atoms with Crippen molar-refractivity contribution in [1.82, 2.24) is 15.5 Å². The maximum Gasteiger partial charge on any atom is 0.329 e. The van der Waals surface area contributed by atoms with E-state index in [1.54, 1.807) is 24.3 Å². The van der Waals surface area contributed by atoms with Crippen molar-refractivity contribution < 1.29 is 23.2 Å². The van der Waals surface area contributed by atoms with Crippen LogP contribution in [-0.2, 0) is 21.6 Å². The Hall–Kier alpha value is -3.42. The van der Waals surface area contributed by atoms with Gasteiger partial charge < -0.3 is 18.9 Å². The second kappa shape index (κ2) is 9.16. The Morgan fingerprint density at radius 3 is 2.39 bits per heavy atom. The number of amides is 1. The normalized spacial score (nSPS) is 12.6. The molecule has 0 unspecified atom stereocenters. The second-order valence-corrected chi connectivity index (χ2v) is 8.61. The van der Waals surface area contributed by atoms with Crippen molar-refractivity contribution in [3.63, 3.8) is 0 Å². The Kier molecular flexibility index (Phi) is 6.58. The van der Waals surface area contributed by atoms with Crippen LogP contribution in [0.2, 0.25) is 0 Å². The highest BCUT2D eigenvalue weighted by molar-refractivity contribution is 5.96. The zero-order valence-corrected chi connectivity index (χ0v) is 18.3. The molecular formula is C23H27N3O5. The number of carbonyl (C=O) groups is 2. The van der Waals surface area contributed by atoms with Gasteiger partial charge in [0.2, 0.25) is 0 Å². The first-order valence-electron chi connectivity index (χ1n) is 10.1. The molecule has 1 aromatic carbocycles. The van der Waals surface area contributed by atoms with E-state index in [9.17, 15) is 9.59 Å². The summed E-state index contributed by atoms with van der Waals surface area (Å²) in [6, 6.07) is 9.92. The molecule has 8 nitrogen and oxygen atoms in total. The zero-order valence-electron chi connectivity index (χ0n) is 18.3. The van der Waals surface area contributed by atoms with E-state index in [-0.39, 0.29) is 35.6 Å². The number of nitrogens with one attached hydrogen (secondary N) is 1. The van der Waals surface area contributed by atoms with Gasteiger partial charge in [0.05, 0.1) is 6.26 Å². The van der Waals surface area contributed by atoms with Crippen molar-refractivity contribution in [2.75, 3.05) is 0 Å². The number of carbonyl (C=O) groups excluding carboxylic acids is 2. The van der Waals surface area contributed by atoms with Gasteiger partial charge in [-0.15, -0.1) is 10.2 Å². The summed E-state index contributed by atoms with van der Waals surface area (Å²) >= 11 is 0. The van der Waals surface area contributed by atoms with Crippen LogP contribution in [0, 0.1) is 5.92 Å². The first-order chi connectivity index (χ1) is 14.6. The second-order valence-electron chi connectivity index (χ2n) is 8.61. The standard InChI is InChI=1S/C23H27N3O5/c1-14(2)19(24-20(27)15-8-10-16(11-9-15)23(3,4)5)22(28)30-13-18-25-26-21(31-18)17-7-6-12-29-17/h6-12,14,19H,13H2,1-5H3,(H,24,27)/t19-/m0/s1. The number of ether oxygens (including phenoxy) is 1. The van der Waals surface area contributed by atoms with Crippen LogP contribution in [0.25, 0.3) is 11.7 Å². The zero-order chi connectivity index (χ0) is 22.6. The van der Waals surface area contributed by atoms with Crippen LogP contribution >= 0.6 is 0 Å². The van der Waals surface area contributed by atoms with E-state index < -0.39 is 12.0 Å². The molecule has 1 atom stereocenters. The molecule has 3 aromatic rings. The Balaban J connectivity index is 1.60. The Bertz CT molecular complexity index is 1010. The third-order valence-corrected chi connectivity index (χ3v) is 4.76. The van der Waals surface area contributed by atoms with Gasteiger partial charge in [0.1, 0.15) is 6.04 Å². The number of esters is 1. The van der Waals surface area contributed by atoms with Gasteiger partial charge in [0.25, 0.3) is 17.7 Å². The van der Waals surface area contributed by atoms with Crippen LogP contribution in [0.15, 0.2) is 51.5 Å². The fraction of sp³-hybridized carbons (Fsp3) is 0.391. The molecule has 164 valence electrons. The van der Waals surface area contributed by atoms with Gasteiger partial charge in [-0.3, -0.25) is 4.79 Å². The molecule has 0 aliphatic carbocycles. The summed E-state index contributed by atoms with van der Waals surface area (Å²) in [7, 11) is 0. The predicted octanol–water partition coefficient (Wildman–Crippen LogP) is 4.12. The molecular weight excluding hydrogens is 398 g/mol. The number of hydrogen-bond donors (Lipinski definition) is 1. The van der Waals surface area contributed by atoms with Crippen molar-refractivity contribution in [2.45, 2.75) is 52.7 Å². The number of furan rings is 1. The van der Waals surface area contributed by atoms with Gasteiger partial charge in [0, 0.05) is 5.56 Å². The summed E-state index contributed by atoms with van der Waals surface area (Å²) < 4.78 is 15.9. The van der Waals surface area contributed by atoms with E-state index in [4.69, 9.17) is 13.6 Å². The van der Waals surface area contributed by atoms with Crippen LogP contribution in [0.1, 0.15) is 56.4 Å². The molecule has 31 heavy (non-hydrogen) atoms. The van der Waals surface area contributed by atoms with Crippen LogP contribution in [0.4, 0.5) is 0 Å². The molecule has 3 rings (SSSR count). The highest BCUT2D eigenvalue weighted by Gasteiger charge is 2.27. The summed E-state index contributed by atoms with van der Waals surface area (Å²) in [5, 5.41) is 10.5. The largest absolute Gasteiger partial charge is 0.459 e. The minimum atomic E-state index is -0.817. The van der Waals surface area contributed by atoms with Gasteiger partial charge in [-0.2, -0.15) is 0 Å². The SMILES string of the molecule is CC(C)[C@H](NC(=O)c1ccc(C(C)(C)C)cc1)C(=O)OCc1nnc(-c2ccco2)o1. The number of aromatic nitrogens is 2. The Labute approximate surface area is 181 Å². The summed E-state index contributed by atoms with van der Waals surface area (Å²) in [6.45, 7) is 9.77. The van der Waals surface area contributed by atoms with Crippen LogP contribution in [-0.4, -0.2) is 28.1 Å². The van der Waals surface area contributed by atoms with Gasteiger partial charge in [-0.1, -0.05) is 46.8 Å². The molecule has 0 radical (unpaired) electrons. The van der Waals surface area contributed by atoms with Crippen molar-refractivity contribution >= 4 is 11.9 Å². The van der Waals surface area contributed by atoms with Gasteiger partial charge >= 0.3 is 5.97 Å². The fourth-order valence-electron chi connectivity index (χ4n) is 2.88. The van der Waals surface area contributed by atoms with Gasteiger partial charge in [0.15, 0.2) is 12.4 Å². The summed E-state index contributed by atoms with van der Waals surface area (Å²) in [5.74, 6) is -0.335. The number of rotatable bonds is 7. The van der Waals surface area contributed by atoms with E-state index in [1.807, 2.05) is 26.0 Å². The minimum Gasteiger partial charge on any atom is -0.459 e. The van der Waals surface area contributed by atoms with Crippen molar-refractivity contribution in [1.29, 1.82) is 0 Å². The summed E-state index contributed by atoms with van der Waals surface area (Å²) in [5.41, 5.74) is 1.59. The highest BCUT2D eigenvalue weighted by Crippen LogP contribution is 2.22. The fourth-order valence-corrected chi connectivity index (χ4v) is 2.88. The molecule has 0 aliphatic heterocycles. The van der Waals surface area contributed by atoms with Gasteiger partial charge in [-0.25, -0.2) is 4.79 Å². The van der Waals surface area contributed by atoms with Crippen molar-refractivity contribution in [3.8, 4) is 11.7 Å². The van der Waals surface area contributed by atoms with E-state index in [2.05, 4.69) is 36.3 Å². The summed E-state index contributed by atoms with van der Waals surface area (Å²) in [6.07, 6.45) is 1.49. The first kappa shape index (κ1) is 22.3. The predicted molar refractivity (Wildman–Crippen MR) is 113 cm³/mol. The topological polar surface area (TPSA) is 107 Å².